The molecule has 0 spiro atoms. The van der Waals surface area contributed by atoms with Crippen molar-refractivity contribution in [2.45, 2.75) is 6.92 Å². The van der Waals surface area contributed by atoms with E-state index in [9.17, 15) is 4.39 Å². The summed E-state index contributed by atoms with van der Waals surface area (Å²) in [6.07, 6.45) is 0. The molecule has 0 amide bonds. The van der Waals surface area contributed by atoms with Crippen LogP contribution in [0.3, 0.4) is 0 Å². The van der Waals surface area contributed by atoms with Crippen LogP contribution >= 0.6 is 23.6 Å². The number of hydrogen-bond donors (Lipinski definition) is 0. The van der Waals surface area contributed by atoms with Gasteiger partial charge < -0.3 is 0 Å². The minimum absolute atomic E-state index is 0.307. The molecule has 5 heteroatoms. The van der Waals surface area contributed by atoms with Gasteiger partial charge in [0.15, 0.2) is 0 Å². The Labute approximate surface area is 115 Å². The fourth-order valence-corrected chi connectivity index (χ4v) is 1.94. The summed E-state index contributed by atoms with van der Waals surface area (Å²) < 4.78 is 13.8. The Kier molecular flexibility index (Phi) is 4.07. The van der Waals surface area contributed by atoms with E-state index in [1.165, 1.54) is 12.1 Å². The van der Waals surface area contributed by atoms with Gasteiger partial charge in [0, 0.05) is 23.6 Å². The van der Waals surface area contributed by atoms with Crippen molar-refractivity contribution in [3.63, 3.8) is 0 Å². The van der Waals surface area contributed by atoms with Crippen LogP contribution in [0.5, 0.6) is 0 Å². The standard InChI is InChI=1S/C13H11Cl2FN2/c1-10-2-6-12(7-3-10)17(18(14)15)13-8-4-11(16)5-9-13/h2-9H,1H3. The molecule has 0 fully saturated rings. The van der Waals surface area contributed by atoms with Gasteiger partial charge in [-0.15, -0.1) is 0 Å². The third-order valence-electron chi connectivity index (χ3n) is 2.50. The van der Waals surface area contributed by atoms with E-state index in [1.54, 1.807) is 17.1 Å². The molecule has 2 aromatic rings. The zero-order chi connectivity index (χ0) is 13.1. The van der Waals surface area contributed by atoms with Gasteiger partial charge >= 0.3 is 0 Å². The van der Waals surface area contributed by atoms with Gasteiger partial charge in [-0.1, -0.05) is 17.7 Å². The van der Waals surface area contributed by atoms with Crippen LogP contribution in [0.2, 0.25) is 0 Å². The highest BCUT2D eigenvalue weighted by atomic mass is 35.5. The highest BCUT2D eigenvalue weighted by molar-refractivity contribution is 6.34. The normalized spacial score (nSPS) is 10.7. The number of nitrogens with zero attached hydrogens (tertiary/aromatic N) is 2. The van der Waals surface area contributed by atoms with E-state index in [0.29, 0.717) is 5.69 Å². The van der Waals surface area contributed by atoms with E-state index < -0.39 is 0 Å². The highest BCUT2D eigenvalue weighted by Crippen LogP contribution is 2.29. The van der Waals surface area contributed by atoms with Gasteiger partial charge in [0.2, 0.25) is 0 Å². The largest absolute Gasteiger partial charge is 0.246 e. The topological polar surface area (TPSA) is 6.48 Å². The highest BCUT2D eigenvalue weighted by Gasteiger charge is 2.14. The molecule has 2 aromatic carbocycles. The molecular formula is C13H11Cl2FN2. The zero-order valence-electron chi connectivity index (χ0n) is 9.65. The second-order valence-corrected chi connectivity index (χ2v) is 4.65. The summed E-state index contributed by atoms with van der Waals surface area (Å²) in [5.41, 5.74) is 2.59. The number of anilines is 2. The van der Waals surface area contributed by atoms with Crippen LogP contribution in [0, 0.1) is 12.7 Å². The molecule has 0 saturated heterocycles. The van der Waals surface area contributed by atoms with Gasteiger partial charge in [-0.05, 0) is 47.4 Å². The summed E-state index contributed by atoms with van der Waals surface area (Å²) in [5, 5.41) is 1.56. The lowest BCUT2D eigenvalue weighted by Crippen LogP contribution is -2.24. The van der Waals surface area contributed by atoms with Gasteiger partial charge in [-0.25, -0.2) is 9.40 Å². The van der Waals surface area contributed by atoms with E-state index >= 15 is 0 Å². The Morgan fingerprint density at radius 1 is 0.833 bits per heavy atom. The van der Waals surface area contributed by atoms with E-state index in [-0.39, 0.29) is 5.82 Å². The van der Waals surface area contributed by atoms with Crippen LogP contribution < -0.4 is 5.01 Å². The van der Waals surface area contributed by atoms with Crippen LogP contribution in [0.15, 0.2) is 48.5 Å². The summed E-state index contributed by atoms with van der Waals surface area (Å²) >= 11 is 11.6. The van der Waals surface area contributed by atoms with Gasteiger partial charge in [-0.3, -0.25) is 0 Å². The monoisotopic (exact) mass is 284 g/mol. The predicted octanol–water partition coefficient (Wildman–Crippen LogP) is 4.80. The van der Waals surface area contributed by atoms with E-state index in [0.717, 1.165) is 15.3 Å². The first-order valence-corrected chi connectivity index (χ1v) is 5.99. The minimum Gasteiger partial charge on any atom is -0.246 e. The van der Waals surface area contributed by atoms with Crippen molar-refractivity contribution in [2.75, 3.05) is 5.01 Å². The SMILES string of the molecule is Cc1ccc(N(c2ccc(F)cc2)N(Cl)Cl)cc1. The summed E-state index contributed by atoms with van der Waals surface area (Å²) in [6.45, 7) is 1.99. The summed E-state index contributed by atoms with van der Waals surface area (Å²) in [4.78, 5) is 0. The van der Waals surface area contributed by atoms with Crippen LogP contribution in [0.4, 0.5) is 15.8 Å². The molecule has 0 heterocycles. The van der Waals surface area contributed by atoms with Crippen LogP contribution in [0.1, 0.15) is 5.56 Å². The van der Waals surface area contributed by atoms with Gasteiger partial charge in [0.25, 0.3) is 0 Å². The molecule has 0 unspecified atom stereocenters. The molecule has 2 nitrogen and oxygen atoms in total. The Morgan fingerprint density at radius 3 is 1.72 bits per heavy atom. The van der Waals surface area contributed by atoms with Gasteiger partial charge in [0.05, 0.1) is 11.4 Å². The predicted molar refractivity (Wildman–Crippen MR) is 73.3 cm³/mol. The van der Waals surface area contributed by atoms with Crippen LogP contribution in [-0.4, -0.2) is 4.05 Å². The number of benzene rings is 2. The average molecular weight is 285 g/mol. The molecule has 0 aliphatic rings. The van der Waals surface area contributed by atoms with Crippen molar-refractivity contribution in [1.29, 1.82) is 0 Å². The fraction of sp³-hybridized carbons (Fsp3) is 0.0769. The molecule has 94 valence electrons. The number of aryl methyl sites for hydroxylation is 1. The van der Waals surface area contributed by atoms with Crippen molar-refractivity contribution in [2.24, 2.45) is 0 Å². The van der Waals surface area contributed by atoms with Crippen LogP contribution in [-0.2, 0) is 0 Å². The summed E-state index contributed by atoms with van der Waals surface area (Å²) in [6, 6.07) is 13.6. The molecular weight excluding hydrogens is 274 g/mol. The quantitative estimate of drug-likeness (QED) is 0.590. The smallest absolute Gasteiger partial charge is 0.123 e. The molecule has 18 heavy (non-hydrogen) atoms. The Bertz CT molecular complexity index is 466. The maximum absolute atomic E-state index is 12.9. The third-order valence-corrected chi connectivity index (χ3v) is 2.80. The molecule has 2 rings (SSSR count). The molecule has 0 aliphatic heterocycles. The first-order chi connectivity index (χ1) is 8.58. The average Bonchev–Trinajstić information content (AvgIpc) is 2.34. The molecule has 0 aliphatic carbocycles. The maximum atomic E-state index is 12.9. The Balaban J connectivity index is 2.39. The number of hydrogen-bond acceptors (Lipinski definition) is 2. The lowest BCUT2D eigenvalue weighted by Gasteiger charge is -2.26. The van der Waals surface area contributed by atoms with Crippen molar-refractivity contribution in [3.8, 4) is 0 Å². The fourth-order valence-electron chi connectivity index (χ4n) is 1.59. The minimum atomic E-state index is -0.307. The first-order valence-electron chi connectivity index (χ1n) is 5.32. The van der Waals surface area contributed by atoms with Crippen molar-refractivity contribution in [1.82, 2.24) is 4.05 Å². The maximum Gasteiger partial charge on any atom is 0.123 e. The Hall–Kier alpha value is -1.29. The van der Waals surface area contributed by atoms with Gasteiger partial charge in [0.1, 0.15) is 5.82 Å². The zero-order valence-corrected chi connectivity index (χ0v) is 11.2. The molecule has 0 saturated carbocycles. The van der Waals surface area contributed by atoms with E-state index in [2.05, 4.69) is 0 Å². The lowest BCUT2D eigenvalue weighted by molar-refractivity contribution is 0.626. The Morgan fingerprint density at radius 2 is 1.28 bits per heavy atom. The van der Waals surface area contributed by atoms with Crippen molar-refractivity contribution >= 4 is 34.9 Å². The number of halogens is 3. The summed E-state index contributed by atoms with van der Waals surface area (Å²) in [5.74, 6) is -0.307. The van der Waals surface area contributed by atoms with Gasteiger partial charge in [-0.2, -0.15) is 0 Å². The first kappa shape index (κ1) is 13.1. The molecule has 0 atom stereocenters. The third kappa shape index (κ3) is 2.93. The molecule has 0 N–H and O–H groups in total. The number of rotatable bonds is 3. The second kappa shape index (κ2) is 5.57. The second-order valence-electron chi connectivity index (χ2n) is 3.84. The molecule has 0 aromatic heterocycles. The number of hydrazine groups is 1. The lowest BCUT2D eigenvalue weighted by atomic mass is 10.2. The summed E-state index contributed by atoms with van der Waals surface area (Å²) in [7, 11) is 0. The van der Waals surface area contributed by atoms with Crippen molar-refractivity contribution in [3.05, 3.63) is 59.9 Å². The molecule has 0 radical (unpaired) electrons. The molecule has 0 bridgehead atoms. The van der Waals surface area contributed by atoms with E-state index in [4.69, 9.17) is 23.6 Å². The van der Waals surface area contributed by atoms with Crippen LogP contribution in [0.25, 0.3) is 0 Å². The van der Waals surface area contributed by atoms with Crippen molar-refractivity contribution < 1.29 is 4.39 Å². The van der Waals surface area contributed by atoms with E-state index in [1.807, 2.05) is 31.2 Å².